The summed E-state index contributed by atoms with van der Waals surface area (Å²) >= 11 is 3.43. The van der Waals surface area contributed by atoms with E-state index in [2.05, 4.69) is 41.4 Å². The normalized spacial score (nSPS) is 10.6. The second-order valence-electron chi connectivity index (χ2n) is 3.49. The summed E-state index contributed by atoms with van der Waals surface area (Å²) in [6.45, 7) is 0. The third kappa shape index (κ3) is 1.99. The van der Waals surface area contributed by atoms with E-state index >= 15 is 0 Å². The highest BCUT2D eigenvalue weighted by Crippen LogP contribution is 2.23. The highest BCUT2D eigenvalue weighted by atomic mass is 79.9. The zero-order valence-electron chi connectivity index (χ0n) is 8.68. The minimum atomic E-state index is 0.720. The van der Waals surface area contributed by atoms with Crippen LogP contribution in [0.3, 0.4) is 0 Å². The van der Waals surface area contributed by atoms with Gasteiger partial charge in [-0.25, -0.2) is 9.97 Å². The van der Waals surface area contributed by atoms with Crippen LogP contribution >= 0.6 is 15.9 Å². The molecular formula is C11H8BrN5. The van der Waals surface area contributed by atoms with E-state index in [9.17, 15) is 0 Å². The van der Waals surface area contributed by atoms with E-state index in [4.69, 9.17) is 0 Å². The molecule has 0 amide bonds. The molecule has 3 rings (SSSR count). The van der Waals surface area contributed by atoms with E-state index in [-0.39, 0.29) is 0 Å². The molecule has 5 nitrogen and oxygen atoms in total. The van der Waals surface area contributed by atoms with E-state index in [1.54, 1.807) is 6.20 Å². The lowest BCUT2D eigenvalue weighted by atomic mass is 10.3. The molecule has 0 aliphatic rings. The molecule has 0 saturated carbocycles. The molecule has 0 spiro atoms. The van der Waals surface area contributed by atoms with Crippen molar-refractivity contribution < 1.29 is 0 Å². The van der Waals surface area contributed by atoms with Gasteiger partial charge in [0.05, 0.1) is 11.6 Å². The molecule has 0 unspecified atom stereocenters. The van der Waals surface area contributed by atoms with Gasteiger partial charge in [0.25, 0.3) is 0 Å². The standard InChI is InChI=1S/C11H8BrN5/c12-7-2-1-3-8(4-7)16-10-9-5-15-17-11(9)14-6-13-10/h1-6H,(H2,13,14,15,16,17). The third-order valence-corrected chi connectivity index (χ3v) is 2.83. The summed E-state index contributed by atoms with van der Waals surface area (Å²) in [5.41, 5.74) is 1.68. The lowest BCUT2D eigenvalue weighted by Gasteiger charge is -2.05. The summed E-state index contributed by atoms with van der Waals surface area (Å²) in [6.07, 6.45) is 3.20. The summed E-state index contributed by atoms with van der Waals surface area (Å²) in [5.74, 6) is 0.738. The number of nitrogens with zero attached hydrogens (tertiary/aromatic N) is 3. The molecule has 0 fully saturated rings. The molecule has 0 atom stereocenters. The number of H-pyrrole nitrogens is 1. The summed E-state index contributed by atoms with van der Waals surface area (Å²) in [7, 11) is 0. The van der Waals surface area contributed by atoms with Crippen LogP contribution in [-0.2, 0) is 0 Å². The van der Waals surface area contributed by atoms with E-state index in [0.717, 1.165) is 27.0 Å². The Morgan fingerprint density at radius 3 is 3.06 bits per heavy atom. The van der Waals surface area contributed by atoms with Crippen LogP contribution in [0.15, 0.2) is 41.3 Å². The van der Waals surface area contributed by atoms with Crippen molar-refractivity contribution in [1.82, 2.24) is 20.2 Å². The molecule has 17 heavy (non-hydrogen) atoms. The Kier molecular flexibility index (Phi) is 2.49. The van der Waals surface area contributed by atoms with Crippen molar-refractivity contribution >= 4 is 38.5 Å². The van der Waals surface area contributed by atoms with Crippen molar-refractivity contribution in [1.29, 1.82) is 0 Å². The maximum absolute atomic E-state index is 4.21. The molecule has 0 bridgehead atoms. The molecule has 2 aromatic heterocycles. The summed E-state index contributed by atoms with van der Waals surface area (Å²) in [4.78, 5) is 8.29. The van der Waals surface area contributed by atoms with E-state index in [1.165, 1.54) is 6.33 Å². The van der Waals surface area contributed by atoms with Crippen LogP contribution in [-0.4, -0.2) is 20.2 Å². The van der Waals surface area contributed by atoms with Crippen molar-refractivity contribution in [3.8, 4) is 0 Å². The monoisotopic (exact) mass is 289 g/mol. The van der Waals surface area contributed by atoms with Gasteiger partial charge in [-0.1, -0.05) is 22.0 Å². The van der Waals surface area contributed by atoms with E-state index in [1.807, 2.05) is 24.3 Å². The summed E-state index contributed by atoms with van der Waals surface area (Å²) in [6, 6.07) is 7.88. The maximum Gasteiger partial charge on any atom is 0.160 e. The Bertz CT molecular complexity index is 664. The average molecular weight is 290 g/mol. The molecular weight excluding hydrogens is 282 g/mol. The Labute approximate surface area is 105 Å². The first-order chi connectivity index (χ1) is 8.33. The molecule has 0 aliphatic carbocycles. The van der Waals surface area contributed by atoms with Gasteiger partial charge in [0, 0.05) is 10.2 Å². The lowest BCUT2D eigenvalue weighted by Crippen LogP contribution is -1.94. The quantitative estimate of drug-likeness (QED) is 0.761. The summed E-state index contributed by atoms with van der Waals surface area (Å²) in [5, 5.41) is 10.9. The number of nitrogens with one attached hydrogen (secondary N) is 2. The number of rotatable bonds is 2. The highest BCUT2D eigenvalue weighted by Gasteiger charge is 2.05. The van der Waals surface area contributed by atoms with Crippen molar-refractivity contribution in [3.05, 3.63) is 41.3 Å². The average Bonchev–Trinajstić information content (AvgIpc) is 2.78. The van der Waals surface area contributed by atoms with Gasteiger partial charge in [-0.15, -0.1) is 0 Å². The van der Waals surface area contributed by atoms with Crippen LogP contribution in [0.2, 0.25) is 0 Å². The molecule has 84 valence electrons. The van der Waals surface area contributed by atoms with Gasteiger partial charge < -0.3 is 5.32 Å². The van der Waals surface area contributed by atoms with Gasteiger partial charge >= 0.3 is 0 Å². The van der Waals surface area contributed by atoms with Crippen molar-refractivity contribution in [2.45, 2.75) is 0 Å². The van der Waals surface area contributed by atoms with Gasteiger partial charge in [-0.3, -0.25) is 5.10 Å². The van der Waals surface area contributed by atoms with Crippen molar-refractivity contribution in [2.24, 2.45) is 0 Å². The third-order valence-electron chi connectivity index (χ3n) is 2.34. The van der Waals surface area contributed by atoms with Gasteiger partial charge in [-0.2, -0.15) is 5.10 Å². The number of halogens is 1. The first-order valence-electron chi connectivity index (χ1n) is 4.99. The molecule has 2 N–H and O–H groups in total. The Morgan fingerprint density at radius 2 is 2.18 bits per heavy atom. The van der Waals surface area contributed by atoms with Gasteiger partial charge in [0.2, 0.25) is 0 Å². The first-order valence-corrected chi connectivity index (χ1v) is 5.79. The number of fused-ring (bicyclic) bond motifs is 1. The highest BCUT2D eigenvalue weighted by molar-refractivity contribution is 9.10. The Hall–Kier alpha value is -1.95. The van der Waals surface area contributed by atoms with Gasteiger partial charge in [0.15, 0.2) is 5.65 Å². The smallest absolute Gasteiger partial charge is 0.160 e. The zero-order valence-corrected chi connectivity index (χ0v) is 10.3. The topological polar surface area (TPSA) is 66.5 Å². The predicted molar refractivity (Wildman–Crippen MR) is 69.1 cm³/mol. The second kappa shape index (κ2) is 4.14. The summed E-state index contributed by atoms with van der Waals surface area (Å²) < 4.78 is 1.01. The molecule has 0 aliphatic heterocycles. The molecule has 0 radical (unpaired) electrons. The fourth-order valence-electron chi connectivity index (χ4n) is 1.57. The number of hydrogen-bond donors (Lipinski definition) is 2. The lowest BCUT2D eigenvalue weighted by molar-refractivity contribution is 1.09. The fraction of sp³-hybridized carbons (Fsp3) is 0. The van der Waals surface area contributed by atoms with Crippen LogP contribution in [0.5, 0.6) is 0 Å². The van der Waals surface area contributed by atoms with Crippen molar-refractivity contribution in [2.75, 3.05) is 5.32 Å². The minimum absolute atomic E-state index is 0.720. The fourth-order valence-corrected chi connectivity index (χ4v) is 1.97. The number of benzene rings is 1. The Balaban J connectivity index is 2.02. The molecule has 2 heterocycles. The number of aromatic nitrogens is 4. The van der Waals surface area contributed by atoms with Crippen LogP contribution in [0.25, 0.3) is 11.0 Å². The molecule has 3 aromatic rings. The SMILES string of the molecule is Brc1cccc(Nc2ncnc3[nH]ncc23)c1. The van der Waals surface area contributed by atoms with Crippen LogP contribution in [0.1, 0.15) is 0 Å². The minimum Gasteiger partial charge on any atom is -0.339 e. The van der Waals surface area contributed by atoms with E-state index < -0.39 is 0 Å². The number of hydrogen-bond acceptors (Lipinski definition) is 4. The number of anilines is 2. The van der Waals surface area contributed by atoms with Crippen LogP contribution in [0, 0.1) is 0 Å². The second-order valence-corrected chi connectivity index (χ2v) is 4.41. The van der Waals surface area contributed by atoms with E-state index in [0.29, 0.717) is 0 Å². The van der Waals surface area contributed by atoms with Gasteiger partial charge in [-0.05, 0) is 18.2 Å². The van der Waals surface area contributed by atoms with Crippen LogP contribution < -0.4 is 5.32 Å². The molecule has 0 saturated heterocycles. The predicted octanol–water partition coefficient (Wildman–Crippen LogP) is 2.86. The zero-order chi connectivity index (χ0) is 11.7. The molecule has 1 aromatic carbocycles. The maximum atomic E-state index is 4.21. The largest absolute Gasteiger partial charge is 0.339 e. The first kappa shape index (κ1) is 10.2. The molecule has 6 heteroatoms. The Morgan fingerprint density at radius 1 is 1.24 bits per heavy atom. The number of aromatic amines is 1. The van der Waals surface area contributed by atoms with Gasteiger partial charge in [0.1, 0.15) is 12.1 Å². The van der Waals surface area contributed by atoms with Crippen LogP contribution in [0.4, 0.5) is 11.5 Å². The van der Waals surface area contributed by atoms with Crippen molar-refractivity contribution in [3.63, 3.8) is 0 Å².